The van der Waals surface area contributed by atoms with E-state index in [1.165, 1.54) is 13.0 Å². The number of hydrogen-bond donors (Lipinski definition) is 1. The predicted molar refractivity (Wildman–Crippen MR) is 67.4 cm³/mol. The second-order valence-corrected chi connectivity index (χ2v) is 4.96. The van der Waals surface area contributed by atoms with Gasteiger partial charge < -0.3 is 10.2 Å². The average molecular weight is 219 g/mol. The fourth-order valence-corrected chi connectivity index (χ4v) is 2.12. The summed E-state index contributed by atoms with van der Waals surface area (Å²) in [7, 11) is 4.12. The zero-order valence-electron chi connectivity index (χ0n) is 10.4. The minimum absolute atomic E-state index is 0.914. The van der Waals surface area contributed by atoms with Gasteiger partial charge in [0.2, 0.25) is 0 Å². The van der Waals surface area contributed by atoms with Crippen molar-refractivity contribution in [3.05, 3.63) is 24.0 Å². The molecular formula is C13H21N3. The molecule has 1 saturated carbocycles. The molecule has 0 amide bonds. The summed E-state index contributed by atoms with van der Waals surface area (Å²) in [6.07, 6.45) is 3.27. The Balaban J connectivity index is 1.87. The van der Waals surface area contributed by atoms with Crippen LogP contribution in [0.5, 0.6) is 0 Å². The molecule has 1 heterocycles. The SMILES string of the molecule is CNc1ccnc(CN(C)CC2CC2C)c1. The first kappa shape index (κ1) is 11.4. The Morgan fingerprint density at radius 2 is 2.31 bits per heavy atom. The lowest BCUT2D eigenvalue weighted by atomic mass is 10.2. The molecule has 0 radical (unpaired) electrons. The van der Waals surface area contributed by atoms with E-state index in [1.54, 1.807) is 0 Å². The van der Waals surface area contributed by atoms with E-state index >= 15 is 0 Å². The van der Waals surface area contributed by atoms with Crippen molar-refractivity contribution in [3.8, 4) is 0 Å². The molecule has 0 saturated heterocycles. The van der Waals surface area contributed by atoms with Crippen LogP contribution in [0.4, 0.5) is 5.69 Å². The molecule has 0 aromatic carbocycles. The fourth-order valence-electron chi connectivity index (χ4n) is 2.12. The van der Waals surface area contributed by atoms with Gasteiger partial charge in [0.15, 0.2) is 0 Å². The topological polar surface area (TPSA) is 28.2 Å². The van der Waals surface area contributed by atoms with Gasteiger partial charge in [0, 0.05) is 32.0 Å². The number of pyridine rings is 1. The second kappa shape index (κ2) is 4.83. The van der Waals surface area contributed by atoms with Gasteiger partial charge in [0.05, 0.1) is 5.69 Å². The molecule has 88 valence electrons. The summed E-state index contributed by atoms with van der Waals surface area (Å²) in [5.41, 5.74) is 2.28. The largest absolute Gasteiger partial charge is 0.388 e. The maximum absolute atomic E-state index is 4.39. The molecule has 0 spiro atoms. The predicted octanol–water partition coefficient (Wildman–Crippen LogP) is 2.21. The van der Waals surface area contributed by atoms with E-state index in [-0.39, 0.29) is 0 Å². The molecule has 2 rings (SSSR count). The molecule has 1 aromatic heterocycles. The molecule has 16 heavy (non-hydrogen) atoms. The number of anilines is 1. The lowest BCUT2D eigenvalue weighted by molar-refractivity contribution is 0.304. The second-order valence-electron chi connectivity index (χ2n) is 4.96. The van der Waals surface area contributed by atoms with Gasteiger partial charge in [0.1, 0.15) is 0 Å². The Hall–Kier alpha value is -1.09. The summed E-state index contributed by atoms with van der Waals surface area (Å²) in [4.78, 5) is 6.76. The average Bonchev–Trinajstić information content (AvgIpc) is 2.94. The van der Waals surface area contributed by atoms with Crippen molar-refractivity contribution in [2.24, 2.45) is 11.8 Å². The van der Waals surface area contributed by atoms with Crippen LogP contribution in [0.1, 0.15) is 19.0 Å². The summed E-state index contributed by atoms with van der Waals surface area (Å²) in [6, 6.07) is 4.11. The molecule has 1 N–H and O–H groups in total. The molecule has 0 bridgehead atoms. The number of nitrogens with zero attached hydrogens (tertiary/aromatic N) is 2. The number of hydrogen-bond acceptors (Lipinski definition) is 3. The highest BCUT2D eigenvalue weighted by atomic mass is 15.1. The van der Waals surface area contributed by atoms with Gasteiger partial charge in [-0.15, -0.1) is 0 Å². The van der Waals surface area contributed by atoms with Gasteiger partial charge in [-0.25, -0.2) is 0 Å². The van der Waals surface area contributed by atoms with Crippen LogP contribution >= 0.6 is 0 Å². The zero-order chi connectivity index (χ0) is 11.5. The Kier molecular flexibility index (Phi) is 3.44. The zero-order valence-corrected chi connectivity index (χ0v) is 10.4. The summed E-state index contributed by atoms with van der Waals surface area (Å²) in [5, 5.41) is 3.14. The summed E-state index contributed by atoms with van der Waals surface area (Å²) in [5.74, 6) is 1.84. The summed E-state index contributed by atoms with van der Waals surface area (Å²) < 4.78 is 0. The molecule has 3 nitrogen and oxygen atoms in total. The van der Waals surface area contributed by atoms with Crippen LogP contribution in [0.2, 0.25) is 0 Å². The van der Waals surface area contributed by atoms with Crippen molar-refractivity contribution in [1.29, 1.82) is 0 Å². The highest BCUT2D eigenvalue weighted by Crippen LogP contribution is 2.38. The van der Waals surface area contributed by atoms with Crippen molar-refractivity contribution in [2.75, 3.05) is 26.0 Å². The van der Waals surface area contributed by atoms with Crippen LogP contribution in [0.3, 0.4) is 0 Å². The Bertz CT molecular complexity index is 351. The molecule has 1 aliphatic rings. The Morgan fingerprint density at radius 1 is 1.56 bits per heavy atom. The van der Waals surface area contributed by atoms with Crippen LogP contribution in [0.25, 0.3) is 0 Å². The van der Waals surface area contributed by atoms with Crippen molar-refractivity contribution < 1.29 is 0 Å². The van der Waals surface area contributed by atoms with Crippen LogP contribution in [0, 0.1) is 11.8 Å². The van der Waals surface area contributed by atoms with E-state index in [0.29, 0.717) is 0 Å². The molecule has 1 aliphatic carbocycles. The monoisotopic (exact) mass is 219 g/mol. The highest BCUT2D eigenvalue weighted by Gasteiger charge is 2.32. The van der Waals surface area contributed by atoms with Crippen molar-refractivity contribution in [1.82, 2.24) is 9.88 Å². The van der Waals surface area contributed by atoms with E-state index in [1.807, 2.05) is 19.3 Å². The van der Waals surface area contributed by atoms with Gasteiger partial charge in [-0.2, -0.15) is 0 Å². The number of nitrogens with one attached hydrogen (secondary N) is 1. The molecule has 3 heteroatoms. The van der Waals surface area contributed by atoms with Crippen molar-refractivity contribution in [3.63, 3.8) is 0 Å². The van der Waals surface area contributed by atoms with E-state index in [0.717, 1.165) is 29.8 Å². The minimum atomic E-state index is 0.914. The normalized spacial score (nSPS) is 23.5. The standard InChI is InChI=1S/C13H21N3/c1-10-6-11(10)8-16(3)9-13-7-12(14-2)4-5-15-13/h4-5,7,10-11H,6,8-9H2,1-3H3,(H,14,15). The summed E-state index contributed by atoms with van der Waals surface area (Å²) in [6.45, 7) is 4.48. The fraction of sp³-hybridized carbons (Fsp3) is 0.615. The van der Waals surface area contributed by atoms with E-state index < -0.39 is 0 Å². The lowest BCUT2D eigenvalue weighted by Crippen LogP contribution is -2.21. The quantitative estimate of drug-likeness (QED) is 0.823. The van der Waals surface area contributed by atoms with Crippen molar-refractivity contribution in [2.45, 2.75) is 19.9 Å². The Morgan fingerprint density at radius 3 is 2.94 bits per heavy atom. The molecule has 1 fully saturated rings. The first-order chi connectivity index (χ1) is 7.69. The van der Waals surface area contributed by atoms with Crippen LogP contribution in [-0.4, -0.2) is 30.5 Å². The third kappa shape index (κ3) is 2.95. The maximum Gasteiger partial charge on any atom is 0.0564 e. The molecule has 2 atom stereocenters. The lowest BCUT2D eigenvalue weighted by Gasteiger charge is -2.16. The number of aromatic nitrogens is 1. The first-order valence-electron chi connectivity index (χ1n) is 6.00. The van der Waals surface area contributed by atoms with E-state index in [4.69, 9.17) is 0 Å². The van der Waals surface area contributed by atoms with Crippen LogP contribution in [0.15, 0.2) is 18.3 Å². The van der Waals surface area contributed by atoms with Crippen LogP contribution in [-0.2, 0) is 6.54 Å². The third-order valence-electron chi connectivity index (χ3n) is 3.36. The minimum Gasteiger partial charge on any atom is -0.388 e. The Labute approximate surface area is 97.9 Å². The van der Waals surface area contributed by atoms with Gasteiger partial charge >= 0.3 is 0 Å². The molecular weight excluding hydrogens is 198 g/mol. The number of rotatable bonds is 5. The summed E-state index contributed by atoms with van der Waals surface area (Å²) >= 11 is 0. The first-order valence-corrected chi connectivity index (χ1v) is 6.00. The van der Waals surface area contributed by atoms with E-state index in [9.17, 15) is 0 Å². The third-order valence-corrected chi connectivity index (χ3v) is 3.36. The maximum atomic E-state index is 4.39. The highest BCUT2D eigenvalue weighted by molar-refractivity contribution is 5.42. The molecule has 0 aliphatic heterocycles. The van der Waals surface area contributed by atoms with Gasteiger partial charge in [-0.3, -0.25) is 4.98 Å². The van der Waals surface area contributed by atoms with Crippen LogP contribution < -0.4 is 5.32 Å². The smallest absolute Gasteiger partial charge is 0.0564 e. The van der Waals surface area contributed by atoms with Gasteiger partial charge in [-0.1, -0.05) is 6.92 Å². The van der Waals surface area contributed by atoms with E-state index in [2.05, 4.69) is 35.2 Å². The molecule has 1 aromatic rings. The van der Waals surface area contributed by atoms with Crippen molar-refractivity contribution >= 4 is 5.69 Å². The molecule has 2 unspecified atom stereocenters. The van der Waals surface area contributed by atoms with Gasteiger partial charge in [-0.05, 0) is 37.4 Å². The van der Waals surface area contributed by atoms with Gasteiger partial charge in [0.25, 0.3) is 0 Å².